The van der Waals surface area contributed by atoms with Crippen LogP contribution in [0.4, 0.5) is 4.39 Å². The number of esters is 1. The first-order valence-electron chi connectivity index (χ1n) is 4.67. The molecule has 0 saturated carbocycles. The molecule has 1 heterocycles. The van der Waals surface area contributed by atoms with E-state index in [0.29, 0.717) is 6.42 Å². The summed E-state index contributed by atoms with van der Waals surface area (Å²) in [5.74, 6) is -1.66. The highest BCUT2D eigenvalue weighted by molar-refractivity contribution is 5.75. The molecule has 0 radical (unpaired) electrons. The van der Waals surface area contributed by atoms with Crippen LogP contribution in [-0.2, 0) is 14.3 Å². The molecule has 7 heteroatoms. The second-order valence-corrected chi connectivity index (χ2v) is 3.07. The summed E-state index contributed by atoms with van der Waals surface area (Å²) in [5.41, 5.74) is 8.21. The number of hydrogen-bond acceptors (Lipinski definition) is 4. The van der Waals surface area contributed by atoms with E-state index in [1.54, 1.807) is 6.92 Å². The van der Waals surface area contributed by atoms with Crippen molar-refractivity contribution in [2.75, 3.05) is 13.2 Å². The highest BCUT2D eigenvalue weighted by atomic mass is 19.1. The van der Waals surface area contributed by atoms with Gasteiger partial charge in [-0.15, -0.1) is 0 Å². The van der Waals surface area contributed by atoms with Gasteiger partial charge in [0.2, 0.25) is 6.17 Å². The Hall–Kier alpha value is -1.33. The summed E-state index contributed by atoms with van der Waals surface area (Å²) in [7, 11) is 0. The van der Waals surface area contributed by atoms with Crippen molar-refractivity contribution in [1.29, 1.82) is 0 Å². The molecule has 1 fully saturated rings. The minimum absolute atomic E-state index is 0.124. The van der Waals surface area contributed by atoms with Crippen LogP contribution in [0.5, 0.6) is 0 Å². The molecule has 1 rings (SSSR count). The number of alkyl halides is 1. The lowest BCUT2D eigenvalue weighted by Crippen LogP contribution is -2.31. The number of carbonyl (C=O) groups excluding carboxylic acids is 1. The van der Waals surface area contributed by atoms with Crippen molar-refractivity contribution in [3.63, 3.8) is 0 Å². The molecule has 1 saturated heterocycles. The second-order valence-electron chi connectivity index (χ2n) is 3.07. The summed E-state index contributed by atoms with van der Waals surface area (Å²) < 4.78 is 23.0. The van der Waals surface area contributed by atoms with Gasteiger partial charge in [0.1, 0.15) is 6.23 Å². The van der Waals surface area contributed by atoms with E-state index >= 15 is 0 Å². The van der Waals surface area contributed by atoms with Gasteiger partial charge in [-0.3, -0.25) is 0 Å². The molecule has 0 bridgehead atoms. The molecule has 15 heavy (non-hydrogen) atoms. The second kappa shape index (κ2) is 5.53. The quantitative estimate of drug-likeness (QED) is 0.310. The van der Waals surface area contributed by atoms with Crippen molar-refractivity contribution >= 4 is 5.97 Å². The largest absolute Gasteiger partial charge is 0.464 e. The first-order chi connectivity index (χ1) is 7.20. The van der Waals surface area contributed by atoms with Crippen molar-refractivity contribution in [2.24, 2.45) is 11.0 Å². The lowest BCUT2D eigenvalue weighted by molar-refractivity contribution is -0.152. The molecule has 0 aromatic rings. The van der Waals surface area contributed by atoms with E-state index in [0.717, 1.165) is 0 Å². The van der Waals surface area contributed by atoms with Crippen LogP contribution in [0, 0.1) is 5.92 Å². The first kappa shape index (κ1) is 11.7. The highest BCUT2D eigenvalue weighted by Crippen LogP contribution is 2.27. The third kappa shape index (κ3) is 2.81. The van der Waals surface area contributed by atoms with E-state index in [1.165, 1.54) is 0 Å². The maximum Gasteiger partial charge on any atom is 0.341 e. The smallest absolute Gasteiger partial charge is 0.341 e. The molecule has 0 N–H and O–H groups in total. The van der Waals surface area contributed by atoms with Crippen LogP contribution in [0.25, 0.3) is 10.4 Å². The number of halogens is 1. The van der Waals surface area contributed by atoms with Crippen molar-refractivity contribution in [3.05, 3.63) is 10.4 Å². The Balaban J connectivity index is 2.61. The normalized spacial score (nSPS) is 26.8. The zero-order valence-electron chi connectivity index (χ0n) is 8.30. The Kier molecular flexibility index (Phi) is 4.33. The molecule has 0 aliphatic carbocycles. The SMILES string of the molecule is CCOC(=O)C(F)[C@@H]1CCOC1N=[N+]=[N-]. The summed E-state index contributed by atoms with van der Waals surface area (Å²) in [5, 5.41) is 3.28. The van der Waals surface area contributed by atoms with Crippen molar-refractivity contribution < 1.29 is 18.7 Å². The standard InChI is InChI=1S/C8H12FN3O3/c1-2-14-8(13)6(9)5-3-4-15-7(5)11-12-10/h5-7H,2-4H2,1H3/t5-,6?,7?/m0/s1. The summed E-state index contributed by atoms with van der Waals surface area (Å²) in [6.07, 6.45) is -2.35. The van der Waals surface area contributed by atoms with Crippen LogP contribution in [0.15, 0.2) is 5.11 Å². The third-order valence-electron chi connectivity index (χ3n) is 2.16. The van der Waals surface area contributed by atoms with Crippen LogP contribution < -0.4 is 0 Å². The van der Waals surface area contributed by atoms with Gasteiger partial charge in [0.15, 0.2) is 0 Å². The monoisotopic (exact) mass is 217 g/mol. The van der Waals surface area contributed by atoms with E-state index in [1.807, 2.05) is 0 Å². The van der Waals surface area contributed by atoms with Gasteiger partial charge >= 0.3 is 5.97 Å². The summed E-state index contributed by atoms with van der Waals surface area (Å²) in [6, 6.07) is 0. The molecule has 0 amide bonds. The average molecular weight is 217 g/mol. The van der Waals surface area contributed by atoms with Crippen LogP contribution in [-0.4, -0.2) is 31.6 Å². The molecule has 2 unspecified atom stereocenters. The Morgan fingerprint density at radius 1 is 1.87 bits per heavy atom. The number of azide groups is 1. The van der Waals surface area contributed by atoms with E-state index in [-0.39, 0.29) is 13.2 Å². The predicted octanol–water partition coefficient (Wildman–Crippen LogP) is 1.56. The van der Waals surface area contributed by atoms with Crippen LogP contribution in [0.2, 0.25) is 0 Å². The third-order valence-corrected chi connectivity index (χ3v) is 2.16. The molecule has 0 aromatic carbocycles. The lowest BCUT2D eigenvalue weighted by atomic mass is 10.0. The van der Waals surface area contributed by atoms with Gasteiger partial charge in [-0.2, -0.15) is 0 Å². The van der Waals surface area contributed by atoms with Crippen LogP contribution >= 0.6 is 0 Å². The van der Waals surface area contributed by atoms with E-state index in [4.69, 9.17) is 10.3 Å². The molecular weight excluding hydrogens is 205 g/mol. The van der Waals surface area contributed by atoms with Crippen molar-refractivity contribution in [2.45, 2.75) is 25.7 Å². The van der Waals surface area contributed by atoms with Gasteiger partial charge in [0.25, 0.3) is 0 Å². The summed E-state index contributed by atoms with van der Waals surface area (Å²) in [4.78, 5) is 13.6. The zero-order valence-corrected chi connectivity index (χ0v) is 8.30. The minimum atomic E-state index is -1.79. The molecule has 6 nitrogen and oxygen atoms in total. The molecule has 84 valence electrons. The number of rotatable bonds is 4. The van der Waals surface area contributed by atoms with Gasteiger partial charge in [-0.1, -0.05) is 5.11 Å². The van der Waals surface area contributed by atoms with E-state index in [9.17, 15) is 9.18 Å². The predicted molar refractivity (Wildman–Crippen MR) is 48.5 cm³/mol. The van der Waals surface area contributed by atoms with E-state index in [2.05, 4.69) is 14.8 Å². The van der Waals surface area contributed by atoms with Gasteiger partial charge in [0, 0.05) is 17.4 Å². The van der Waals surface area contributed by atoms with Crippen LogP contribution in [0.3, 0.4) is 0 Å². The molecule has 0 spiro atoms. The van der Waals surface area contributed by atoms with Gasteiger partial charge in [-0.25, -0.2) is 9.18 Å². The Labute approximate surface area is 86.0 Å². The van der Waals surface area contributed by atoms with E-state index < -0.39 is 24.3 Å². The fraction of sp³-hybridized carbons (Fsp3) is 0.875. The summed E-state index contributed by atoms with van der Waals surface area (Å²) in [6.45, 7) is 2.01. The van der Waals surface area contributed by atoms with Crippen LogP contribution in [0.1, 0.15) is 13.3 Å². The Morgan fingerprint density at radius 3 is 3.20 bits per heavy atom. The molecule has 3 atom stereocenters. The highest BCUT2D eigenvalue weighted by Gasteiger charge is 2.39. The molecule has 0 aromatic heterocycles. The number of hydrogen-bond donors (Lipinski definition) is 0. The Morgan fingerprint density at radius 2 is 2.60 bits per heavy atom. The zero-order chi connectivity index (χ0) is 11.3. The topological polar surface area (TPSA) is 84.3 Å². The number of carbonyl (C=O) groups is 1. The lowest BCUT2D eigenvalue weighted by Gasteiger charge is -2.16. The summed E-state index contributed by atoms with van der Waals surface area (Å²) >= 11 is 0. The fourth-order valence-corrected chi connectivity index (χ4v) is 1.45. The fourth-order valence-electron chi connectivity index (χ4n) is 1.45. The minimum Gasteiger partial charge on any atom is -0.464 e. The maximum atomic E-state index is 13.5. The van der Waals surface area contributed by atoms with Gasteiger partial charge in [0.05, 0.1) is 6.61 Å². The molecule has 1 aliphatic rings. The number of ether oxygens (including phenoxy) is 2. The molecule has 1 aliphatic heterocycles. The molecular formula is C8H12FN3O3. The maximum absolute atomic E-state index is 13.5. The first-order valence-corrected chi connectivity index (χ1v) is 4.67. The average Bonchev–Trinajstić information content (AvgIpc) is 2.66. The Bertz CT molecular complexity index is 280. The van der Waals surface area contributed by atoms with Crippen molar-refractivity contribution in [1.82, 2.24) is 0 Å². The van der Waals surface area contributed by atoms with Gasteiger partial charge in [-0.05, 0) is 18.9 Å². The number of nitrogens with zero attached hydrogens (tertiary/aromatic N) is 3. The van der Waals surface area contributed by atoms with Crippen molar-refractivity contribution in [3.8, 4) is 0 Å². The van der Waals surface area contributed by atoms with Gasteiger partial charge < -0.3 is 9.47 Å².